The number of amides is 1. The van der Waals surface area contributed by atoms with E-state index in [9.17, 15) is 4.79 Å². The van der Waals surface area contributed by atoms with E-state index in [1.165, 1.54) is 6.42 Å². The van der Waals surface area contributed by atoms with Crippen LogP contribution in [0, 0.1) is 0 Å². The molecule has 2 unspecified atom stereocenters. The highest BCUT2D eigenvalue weighted by Gasteiger charge is 2.24. The van der Waals surface area contributed by atoms with Gasteiger partial charge in [0.05, 0.1) is 6.42 Å². The van der Waals surface area contributed by atoms with Crippen molar-refractivity contribution in [2.75, 3.05) is 6.26 Å². The highest BCUT2D eigenvalue weighted by atomic mass is 32.2. The minimum absolute atomic E-state index is 0.133. The summed E-state index contributed by atoms with van der Waals surface area (Å²) in [7, 11) is 0. The van der Waals surface area contributed by atoms with E-state index in [0.717, 1.165) is 28.6 Å². The average Bonchev–Trinajstić information content (AvgIpc) is 2.79. The molecule has 0 aromatic heterocycles. The molecule has 0 bridgehead atoms. The normalized spacial score (nSPS) is 23.0. The van der Waals surface area contributed by atoms with Crippen LogP contribution in [0.3, 0.4) is 0 Å². The summed E-state index contributed by atoms with van der Waals surface area (Å²) < 4.78 is 0. The SMILES string of the molecule is CSC1CCC(NC(=O)Cc2ccc(S)cc2)C1. The van der Waals surface area contributed by atoms with Crippen molar-refractivity contribution >= 4 is 30.3 Å². The summed E-state index contributed by atoms with van der Waals surface area (Å²) in [5.74, 6) is 0.133. The number of benzene rings is 1. The molecule has 2 atom stereocenters. The smallest absolute Gasteiger partial charge is 0.224 e. The lowest BCUT2D eigenvalue weighted by molar-refractivity contribution is -0.121. The number of carbonyl (C=O) groups is 1. The lowest BCUT2D eigenvalue weighted by atomic mass is 10.1. The number of hydrogen-bond acceptors (Lipinski definition) is 3. The maximum atomic E-state index is 11.9. The molecule has 4 heteroatoms. The van der Waals surface area contributed by atoms with Gasteiger partial charge >= 0.3 is 0 Å². The van der Waals surface area contributed by atoms with E-state index in [1.54, 1.807) is 0 Å². The number of hydrogen-bond donors (Lipinski definition) is 2. The van der Waals surface area contributed by atoms with Crippen LogP contribution in [-0.2, 0) is 11.2 Å². The Hall–Kier alpha value is -0.610. The van der Waals surface area contributed by atoms with Gasteiger partial charge in [0.15, 0.2) is 0 Å². The predicted molar refractivity (Wildman–Crippen MR) is 80.5 cm³/mol. The standard InChI is InChI=1S/C14H19NOS2/c1-18-13-7-4-11(9-13)15-14(16)8-10-2-5-12(17)6-3-10/h2-3,5-6,11,13,17H,4,7-9H2,1H3,(H,15,16). The fraction of sp³-hybridized carbons (Fsp3) is 0.500. The lowest BCUT2D eigenvalue weighted by Gasteiger charge is -2.12. The van der Waals surface area contributed by atoms with E-state index in [-0.39, 0.29) is 5.91 Å². The van der Waals surface area contributed by atoms with Gasteiger partial charge in [-0.2, -0.15) is 11.8 Å². The van der Waals surface area contributed by atoms with Gasteiger partial charge in [0, 0.05) is 16.2 Å². The van der Waals surface area contributed by atoms with E-state index in [4.69, 9.17) is 0 Å². The molecule has 1 saturated carbocycles. The van der Waals surface area contributed by atoms with Gasteiger partial charge in [-0.3, -0.25) is 4.79 Å². The summed E-state index contributed by atoms with van der Waals surface area (Å²) in [4.78, 5) is 12.8. The van der Waals surface area contributed by atoms with Gasteiger partial charge in [-0.05, 0) is 43.2 Å². The minimum Gasteiger partial charge on any atom is -0.353 e. The molecule has 1 amide bonds. The molecular weight excluding hydrogens is 262 g/mol. The quantitative estimate of drug-likeness (QED) is 0.831. The second kappa shape index (κ2) is 6.53. The lowest BCUT2D eigenvalue weighted by Crippen LogP contribution is -2.34. The topological polar surface area (TPSA) is 29.1 Å². The van der Waals surface area contributed by atoms with Crippen molar-refractivity contribution in [2.45, 2.75) is 41.9 Å². The van der Waals surface area contributed by atoms with E-state index >= 15 is 0 Å². The Morgan fingerprint density at radius 1 is 1.39 bits per heavy atom. The summed E-state index contributed by atoms with van der Waals surface area (Å²) >= 11 is 6.14. The third-order valence-electron chi connectivity index (χ3n) is 3.38. The van der Waals surface area contributed by atoms with Crippen molar-refractivity contribution in [3.05, 3.63) is 29.8 Å². The van der Waals surface area contributed by atoms with Crippen molar-refractivity contribution in [3.8, 4) is 0 Å². The van der Waals surface area contributed by atoms with Crippen LogP contribution in [-0.4, -0.2) is 23.5 Å². The van der Waals surface area contributed by atoms with Crippen molar-refractivity contribution in [1.82, 2.24) is 5.32 Å². The zero-order valence-corrected chi connectivity index (χ0v) is 12.3. The van der Waals surface area contributed by atoms with Crippen LogP contribution in [0.5, 0.6) is 0 Å². The second-order valence-electron chi connectivity index (χ2n) is 4.78. The van der Waals surface area contributed by atoms with Crippen molar-refractivity contribution in [2.24, 2.45) is 0 Å². The van der Waals surface area contributed by atoms with E-state index in [2.05, 4.69) is 24.2 Å². The molecule has 0 aliphatic heterocycles. The maximum absolute atomic E-state index is 11.9. The number of nitrogens with one attached hydrogen (secondary N) is 1. The Bertz CT molecular complexity index is 405. The van der Waals surface area contributed by atoms with E-state index < -0.39 is 0 Å². The number of thioether (sulfide) groups is 1. The Labute approximate surface area is 118 Å². The van der Waals surface area contributed by atoms with Gasteiger partial charge < -0.3 is 5.32 Å². The number of carbonyl (C=O) groups excluding carboxylic acids is 1. The van der Waals surface area contributed by atoms with E-state index in [1.807, 2.05) is 36.0 Å². The van der Waals surface area contributed by atoms with Crippen LogP contribution in [0.4, 0.5) is 0 Å². The average molecular weight is 281 g/mol. The second-order valence-corrected chi connectivity index (χ2v) is 6.43. The van der Waals surface area contributed by atoms with Gasteiger partial charge in [-0.25, -0.2) is 0 Å². The summed E-state index contributed by atoms with van der Waals surface area (Å²) in [5.41, 5.74) is 1.05. The van der Waals surface area contributed by atoms with Gasteiger partial charge in [-0.1, -0.05) is 12.1 Å². The van der Waals surface area contributed by atoms with Gasteiger partial charge in [0.2, 0.25) is 5.91 Å². The molecule has 1 N–H and O–H groups in total. The fourth-order valence-electron chi connectivity index (χ4n) is 2.36. The molecule has 0 spiro atoms. The summed E-state index contributed by atoms with van der Waals surface area (Å²) in [6.45, 7) is 0. The molecule has 0 heterocycles. The molecule has 98 valence electrons. The first-order chi connectivity index (χ1) is 8.67. The van der Waals surface area contributed by atoms with Crippen LogP contribution >= 0.6 is 24.4 Å². The van der Waals surface area contributed by atoms with Crippen LogP contribution in [0.15, 0.2) is 29.2 Å². The third kappa shape index (κ3) is 3.95. The molecule has 0 radical (unpaired) electrons. The predicted octanol–water partition coefficient (Wildman–Crippen LogP) is 2.92. The summed E-state index contributed by atoms with van der Waals surface area (Å²) in [5, 5.41) is 3.86. The first kappa shape index (κ1) is 13.8. The molecule has 1 aromatic carbocycles. The first-order valence-corrected chi connectivity index (χ1v) is 8.01. The van der Waals surface area contributed by atoms with Crippen LogP contribution in [0.2, 0.25) is 0 Å². The maximum Gasteiger partial charge on any atom is 0.224 e. The Morgan fingerprint density at radius 3 is 2.72 bits per heavy atom. The molecule has 1 aliphatic carbocycles. The van der Waals surface area contributed by atoms with E-state index in [0.29, 0.717) is 12.5 Å². The van der Waals surface area contributed by atoms with Crippen molar-refractivity contribution < 1.29 is 4.79 Å². The van der Waals surface area contributed by atoms with Crippen LogP contribution in [0.25, 0.3) is 0 Å². The highest BCUT2D eigenvalue weighted by molar-refractivity contribution is 7.99. The summed E-state index contributed by atoms with van der Waals surface area (Å²) in [6.07, 6.45) is 6.07. The molecule has 1 fully saturated rings. The zero-order valence-electron chi connectivity index (χ0n) is 10.6. The molecular formula is C14H19NOS2. The van der Waals surface area contributed by atoms with Crippen molar-refractivity contribution in [3.63, 3.8) is 0 Å². The monoisotopic (exact) mass is 281 g/mol. The van der Waals surface area contributed by atoms with Crippen LogP contribution in [0.1, 0.15) is 24.8 Å². The number of thiol groups is 1. The van der Waals surface area contributed by atoms with Crippen LogP contribution < -0.4 is 5.32 Å². The minimum atomic E-state index is 0.133. The molecule has 0 saturated heterocycles. The number of rotatable bonds is 4. The Morgan fingerprint density at radius 2 is 2.11 bits per heavy atom. The van der Waals surface area contributed by atoms with Gasteiger partial charge in [-0.15, -0.1) is 12.6 Å². The molecule has 1 aromatic rings. The Kier molecular flexibility index (Phi) is 5.01. The fourth-order valence-corrected chi connectivity index (χ4v) is 3.31. The molecule has 2 nitrogen and oxygen atoms in total. The highest BCUT2D eigenvalue weighted by Crippen LogP contribution is 2.28. The third-order valence-corrected chi connectivity index (χ3v) is 4.78. The first-order valence-electron chi connectivity index (χ1n) is 6.27. The van der Waals surface area contributed by atoms with Crippen molar-refractivity contribution in [1.29, 1.82) is 0 Å². The zero-order chi connectivity index (χ0) is 13.0. The van der Waals surface area contributed by atoms with Gasteiger partial charge in [0.25, 0.3) is 0 Å². The summed E-state index contributed by atoms with van der Waals surface area (Å²) in [6, 6.07) is 8.14. The largest absolute Gasteiger partial charge is 0.353 e. The molecule has 18 heavy (non-hydrogen) atoms. The Balaban J connectivity index is 1.80. The molecule has 1 aliphatic rings. The molecule has 2 rings (SSSR count). The van der Waals surface area contributed by atoms with Gasteiger partial charge in [0.1, 0.15) is 0 Å².